The van der Waals surface area contributed by atoms with Crippen LogP contribution in [-0.4, -0.2) is 37.0 Å². The van der Waals surface area contributed by atoms with E-state index in [4.69, 9.17) is 4.98 Å². The number of anilines is 2. The van der Waals surface area contributed by atoms with E-state index in [-0.39, 0.29) is 23.6 Å². The normalized spacial score (nSPS) is 21.5. The highest BCUT2D eigenvalue weighted by Crippen LogP contribution is 2.33. The highest BCUT2D eigenvalue weighted by molar-refractivity contribution is 7.91. The second-order valence-electron chi connectivity index (χ2n) is 8.24. The number of rotatable bonds is 4. The first-order valence-electron chi connectivity index (χ1n) is 10.5. The van der Waals surface area contributed by atoms with Gasteiger partial charge in [0.1, 0.15) is 5.82 Å². The lowest BCUT2D eigenvalue weighted by molar-refractivity contribution is 0.249. The summed E-state index contributed by atoms with van der Waals surface area (Å²) in [7, 11) is -3.03. The first-order valence-corrected chi connectivity index (χ1v) is 12.3. The maximum atomic E-state index is 12.2. The lowest BCUT2D eigenvalue weighted by Gasteiger charge is -2.15. The van der Waals surface area contributed by atoms with Gasteiger partial charge in [-0.3, -0.25) is 0 Å². The van der Waals surface area contributed by atoms with Crippen LogP contribution in [0.5, 0.6) is 0 Å². The molecule has 8 heteroatoms. The zero-order valence-electron chi connectivity index (χ0n) is 17.0. The molecule has 31 heavy (non-hydrogen) atoms. The standard InChI is InChI=1S/C23H24N4O3S/c28-23(25-18-11-12-31(29,30)14-18)24-17-7-9-20-16(13-17)6-10-22(26-20)27-21-8-5-15-3-1-2-4-19(15)21/h1-4,6-7,9-10,13,18,21H,5,8,11-12,14H2,(H,26,27)(H2,24,25,28)/t18?,21-/m1/s1. The molecule has 160 valence electrons. The van der Waals surface area contributed by atoms with Crippen molar-refractivity contribution in [3.63, 3.8) is 0 Å². The topological polar surface area (TPSA) is 100 Å². The molecule has 2 atom stereocenters. The molecule has 2 aliphatic rings. The van der Waals surface area contributed by atoms with Crippen molar-refractivity contribution >= 4 is 38.3 Å². The Morgan fingerprint density at radius 2 is 1.90 bits per heavy atom. The molecule has 1 fully saturated rings. The van der Waals surface area contributed by atoms with Crippen molar-refractivity contribution in [1.82, 2.24) is 10.3 Å². The van der Waals surface area contributed by atoms with Crippen molar-refractivity contribution in [2.75, 3.05) is 22.1 Å². The van der Waals surface area contributed by atoms with E-state index in [1.807, 2.05) is 24.3 Å². The molecule has 0 spiro atoms. The zero-order valence-corrected chi connectivity index (χ0v) is 17.8. The van der Waals surface area contributed by atoms with E-state index in [1.165, 1.54) is 11.1 Å². The largest absolute Gasteiger partial charge is 0.363 e. The second kappa shape index (κ2) is 7.85. The quantitative estimate of drug-likeness (QED) is 0.580. The summed E-state index contributed by atoms with van der Waals surface area (Å²) in [5, 5.41) is 9.98. The van der Waals surface area contributed by atoms with Gasteiger partial charge in [-0.25, -0.2) is 18.2 Å². The molecule has 0 bridgehead atoms. The SMILES string of the molecule is O=C(Nc1ccc2nc(N[C@@H]3CCc4ccccc43)ccc2c1)NC1CCS(=O)(=O)C1. The number of amides is 2. The van der Waals surface area contributed by atoms with Gasteiger partial charge in [0.2, 0.25) is 0 Å². The van der Waals surface area contributed by atoms with Gasteiger partial charge in [-0.15, -0.1) is 0 Å². The van der Waals surface area contributed by atoms with Crippen LogP contribution >= 0.6 is 0 Å². The van der Waals surface area contributed by atoms with E-state index < -0.39 is 15.9 Å². The fourth-order valence-electron chi connectivity index (χ4n) is 4.43. The molecular formula is C23H24N4O3S. The molecule has 2 heterocycles. The highest BCUT2D eigenvalue weighted by Gasteiger charge is 2.29. The van der Waals surface area contributed by atoms with Crippen LogP contribution in [0.4, 0.5) is 16.3 Å². The number of carbonyl (C=O) groups is 1. The van der Waals surface area contributed by atoms with Crippen molar-refractivity contribution in [2.45, 2.75) is 31.3 Å². The highest BCUT2D eigenvalue weighted by atomic mass is 32.2. The number of hydrogen-bond acceptors (Lipinski definition) is 5. The summed E-state index contributed by atoms with van der Waals surface area (Å²) in [5.41, 5.74) is 4.21. The predicted molar refractivity (Wildman–Crippen MR) is 122 cm³/mol. The monoisotopic (exact) mass is 436 g/mol. The van der Waals surface area contributed by atoms with E-state index in [9.17, 15) is 13.2 Å². The van der Waals surface area contributed by atoms with Crippen LogP contribution in [0.25, 0.3) is 10.9 Å². The first kappa shape index (κ1) is 19.8. The number of pyridine rings is 1. The Labute approximate surface area is 181 Å². The molecule has 3 N–H and O–H groups in total. The van der Waals surface area contributed by atoms with Crippen molar-refractivity contribution in [3.05, 3.63) is 65.7 Å². The Morgan fingerprint density at radius 1 is 1.03 bits per heavy atom. The summed E-state index contributed by atoms with van der Waals surface area (Å²) in [6.45, 7) is 0. The van der Waals surface area contributed by atoms with Crippen LogP contribution in [0.3, 0.4) is 0 Å². The Bertz CT molecular complexity index is 1260. The van der Waals surface area contributed by atoms with Gasteiger partial charge >= 0.3 is 6.03 Å². The van der Waals surface area contributed by atoms with Crippen molar-refractivity contribution < 1.29 is 13.2 Å². The maximum Gasteiger partial charge on any atom is 0.319 e. The maximum absolute atomic E-state index is 12.2. The number of fused-ring (bicyclic) bond motifs is 2. The average molecular weight is 437 g/mol. The minimum Gasteiger partial charge on any atom is -0.363 e. The molecule has 7 nitrogen and oxygen atoms in total. The average Bonchev–Trinajstić information content (AvgIpc) is 3.30. The van der Waals surface area contributed by atoms with Gasteiger partial charge in [-0.05, 0) is 60.7 Å². The molecule has 1 saturated heterocycles. The molecule has 1 aromatic heterocycles. The Hall–Kier alpha value is -3.13. The van der Waals surface area contributed by atoms with Crippen molar-refractivity contribution in [2.24, 2.45) is 0 Å². The Balaban J connectivity index is 1.25. The number of urea groups is 1. The van der Waals surface area contributed by atoms with E-state index in [2.05, 4.69) is 40.2 Å². The van der Waals surface area contributed by atoms with E-state index >= 15 is 0 Å². The molecule has 1 aliphatic heterocycles. The van der Waals surface area contributed by atoms with Crippen LogP contribution < -0.4 is 16.0 Å². The molecule has 1 unspecified atom stereocenters. The third-order valence-corrected chi connectivity index (χ3v) is 7.74. The predicted octanol–water partition coefficient (Wildman–Crippen LogP) is 3.64. The summed E-state index contributed by atoms with van der Waals surface area (Å²) < 4.78 is 23.1. The van der Waals surface area contributed by atoms with Gasteiger partial charge in [0.15, 0.2) is 9.84 Å². The van der Waals surface area contributed by atoms with Gasteiger partial charge in [0, 0.05) is 17.1 Å². The number of sulfone groups is 1. The second-order valence-corrected chi connectivity index (χ2v) is 10.5. The Kier molecular flexibility index (Phi) is 5.02. The molecular weight excluding hydrogens is 412 g/mol. The lowest BCUT2D eigenvalue weighted by Crippen LogP contribution is -2.38. The smallest absolute Gasteiger partial charge is 0.319 e. The van der Waals surface area contributed by atoms with Crippen LogP contribution in [-0.2, 0) is 16.3 Å². The molecule has 0 saturated carbocycles. The zero-order chi connectivity index (χ0) is 21.4. The number of hydrogen-bond donors (Lipinski definition) is 3. The summed E-state index contributed by atoms with van der Waals surface area (Å²) in [4.78, 5) is 16.9. The minimum absolute atomic E-state index is 0.00328. The van der Waals surface area contributed by atoms with Gasteiger partial charge in [0.25, 0.3) is 0 Å². The lowest BCUT2D eigenvalue weighted by atomic mass is 10.1. The van der Waals surface area contributed by atoms with Crippen molar-refractivity contribution in [1.29, 1.82) is 0 Å². The minimum atomic E-state index is -3.03. The van der Waals surface area contributed by atoms with Crippen LogP contribution in [0.1, 0.15) is 30.0 Å². The molecule has 2 aromatic carbocycles. The van der Waals surface area contributed by atoms with E-state index in [0.29, 0.717) is 12.1 Å². The fraction of sp³-hybridized carbons (Fsp3) is 0.304. The summed E-state index contributed by atoms with van der Waals surface area (Å²) in [6, 6.07) is 17.5. The third kappa shape index (κ3) is 4.34. The molecule has 5 rings (SSSR count). The number of nitrogens with zero attached hydrogens (tertiary/aromatic N) is 1. The van der Waals surface area contributed by atoms with Gasteiger partial charge in [-0.2, -0.15) is 0 Å². The third-order valence-electron chi connectivity index (χ3n) is 5.97. The van der Waals surface area contributed by atoms with E-state index in [1.54, 1.807) is 6.07 Å². The van der Waals surface area contributed by atoms with Gasteiger partial charge in [0.05, 0.1) is 23.1 Å². The molecule has 1 aliphatic carbocycles. The Morgan fingerprint density at radius 3 is 2.74 bits per heavy atom. The molecule has 0 radical (unpaired) electrons. The summed E-state index contributed by atoms with van der Waals surface area (Å²) >= 11 is 0. The number of carbonyl (C=O) groups excluding carboxylic acids is 1. The number of benzene rings is 2. The summed E-state index contributed by atoms with van der Waals surface area (Å²) in [5.74, 6) is 0.959. The fourth-order valence-corrected chi connectivity index (χ4v) is 6.10. The summed E-state index contributed by atoms with van der Waals surface area (Å²) in [6.07, 6.45) is 2.59. The first-order chi connectivity index (χ1) is 14.9. The number of nitrogens with one attached hydrogen (secondary N) is 3. The molecule has 2 amide bonds. The number of aryl methyl sites for hydroxylation is 1. The van der Waals surface area contributed by atoms with Gasteiger partial charge in [-0.1, -0.05) is 24.3 Å². The van der Waals surface area contributed by atoms with Crippen LogP contribution in [0.15, 0.2) is 54.6 Å². The molecule has 3 aromatic rings. The van der Waals surface area contributed by atoms with Crippen LogP contribution in [0, 0.1) is 0 Å². The van der Waals surface area contributed by atoms with Crippen LogP contribution in [0.2, 0.25) is 0 Å². The number of aromatic nitrogens is 1. The van der Waals surface area contributed by atoms with E-state index in [0.717, 1.165) is 29.6 Å². The van der Waals surface area contributed by atoms with Gasteiger partial charge < -0.3 is 16.0 Å². The van der Waals surface area contributed by atoms with Crippen molar-refractivity contribution in [3.8, 4) is 0 Å².